The van der Waals surface area contributed by atoms with Gasteiger partial charge in [0.2, 0.25) is 0 Å². The van der Waals surface area contributed by atoms with Crippen LogP contribution in [0.15, 0.2) is 24.3 Å². The Bertz CT molecular complexity index is 435. The van der Waals surface area contributed by atoms with E-state index in [9.17, 15) is 14.0 Å². The maximum absolute atomic E-state index is 13.4. The van der Waals surface area contributed by atoms with Crippen molar-refractivity contribution in [2.75, 3.05) is 12.0 Å². The zero-order chi connectivity index (χ0) is 11.7. The van der Waals surface area contributed by atoms with Crippen LogP contribution >= 0.6 is 0 Å². The molecule has 0 radical (unpaired) electrons. The number of halogens is 1. The first kappa shape index (κ1) is 10.8. The average Bonchev–Trinajstić information content (AvgIpc) is 2.29. The van der Waals surface area contributed by atoms with Crippen molar-refractivity contribution < 1.29 is 18.7 Å². The molecular weight excluding hydrogens is 213 g/mol. The van der Waals surface area contributed by atoms with Gasteiger partial charge in [0.1, 0.15) is 18.1 Å². The van der Waals surface area contributed by atoms with Gasteiger partial charge in [-0.15, -0.1) is 0 Å². The SMILES string of the molecule is CO[C@H]1C(=O)N(c2ccccc2F)[C@@H]1C=O. The van der Waals surface area contributed by atoms with E-state index < -0.39 is 23.9 Å². The van der Waals surface area contributed by atoms with E-state index in [-0.39, 0.29) is 5.69 Å². The van der Waals surface area contributed by atoms with Crippen molar-refractivity contribution in [3.8, 4) is 0 Å². The van der Waals surface area contributed by atoms with Gasteiger partial charge in [-0.25, -0.2) is 4.39 Å². The number of nitrogens with zero attached hydrogens (tertiary/aromatic N) is 1. The van der Waals surface area contributed by atoms with E-state index in [1.165, 1.54) is 25.3 Å². The van der Waals surface area contributed by atoms with Gasteiger partial charge in [-0.3, -0.25) is 9.69 Å². The summed E-state index contributed by atoms with van der Waals surface area (Å²) in [6.45, 7) is 0. The van der Waals surface area contributed by atoms with Crippen LogP contribution in [-0.2, 0) is 14.3 Å². The molecule has 1 saturated heterocycles. The van der Waals surface area contributed by atoms with Crippen LogP contribution in [0.25, 0.3) is 0 Å². The number of hydrogen-bond donors (Lipinski definition) is 0. The first-order chi connectivity index (χ1) is 7.70. The summed E-state index contributed by atoms with van der Waals surface area (Å²) in [5.41, 5.74) is 0.109. The second-order valence-corrected chi connectivity index (χ2v) is 3.44. The zero-order valence-corrected chi connectivity index (χ0v) is 8.59. The number of methoxy groups -OCH3 is 1. The highest BCUT2D eigenvalue weighted by Crippen LogP contribution is 2.30. The highest BCUT2D eigenvalue weighted by molar-refractivity contribution is 6.10. The van der Waals surface area contributed by atoms with E-state index in [4.69, 9.17) is 4.74 Å². The molecular formula is C11H10FNO3. The van der Waals surface area contributed by atoms with Crippen LogP contribution < -0.4 is 4.90 Å². The fourth-order valence-electron chi connectivity index (χ4n) is 1.78. The molecule has 0 aliphatic carbocycles. The van der Waals surface area contributed by atoms with Gasteiger partial charge in [-0.1, -0.05) is 12.1 Å². The molecule has 1 aromatic carbocycles. The van der Waals surface area contributed by atoms with Crippen molar-refractivity contribution in [2.45, 2.75) is 12.1 Å². The minimum absolute atomic E-state index is 0.109. The lowest BCUT2D eigenvalue weighted by Gasteiger charge is -2.42. The predicted molar refractivity (Wildman–Crippen MR) is 54.5 cm³/mol. The van der Waals surface area contributed by atoms with Crippen LogP contribution in [0.3, 0.4) is 0 Å². The minimum atomic E-state index is -0.794. The second kappa shape index (κ2) is 4.02. The number of ether oxygens (including phenoxy) is 1. The van der Waals surface area contributed by atoms with Gasteiger partial charge in [-0.05, 0) is 12.1 Å². The van der Waals surface area contributed by atoms with Crippen molar-refractivity contribution in [1.29, 1.82) is 0 Å². The van der Waals surface area contributed by atoms with Crippen molar-refractivity contribution in [3.05, 3.63) is 30.1 Å². The number of amides is 1. The van der Waals surface area contributed by atoms with Gasteiger partial charge >= 0.3 is 0 Å². The number of hydrogen-bond acceptors (Lipinski definition) is 3. The molecule has 1 fully saturated rings. The summed E-state index contributed by atoms with van der Waals surface area (Å²) in [6, 6.07) is 5.08. The normalized spacial score (nSPS) is 24.1. The Morgan fingerprint density at radius 3 is 2.69 bits per heavy atom. The number of para-hydroxylation sites is 1. The van der Waals surface area contributed by atoms with Crippen molar-refractivity contribution in [2.24, 2.45) is 0 Å². The van der Waals surface area contributed by atoms with Gasteiger partial charge < -0.3 is 9.53 Å². The highest BCUT2D eigenvalue weighted by Gasteiger charge is 2.49. The van der Waals surface area contributed by atoms with Crippen molar-refractivity contribution in [1.82, 2.24) is 0 Å². The number of carbonyl (C=O) groups is 2. The lowest BCUT2D eigenvalue weighted by atomic mass is 9.98. The molecule has 0 saturated carbocycles. The number of benzene rings is 1. The lowest BCUT2D eigenvalue weighted by molar-refractivity contribution is -0.142. The molecule has 16 heavy (non-hydrogen) atoms. The van der Waals surface area contributed by atoms with Crippen LogP contribution in [0.5, 0.6) is 0 Å². The Balaban J connectivity index is 2.33. The molecule has 1 aromatic rings. The summed E-state index contributed by atoms with van der Waals surface area (Å²) in [4.78, 5) is 23.5. The molecule has 2 rings (SSSR count). The molecule has 1 aliphatic rings. The van der Waals surface area contributed by atoms with Crippen LogP contribution in [0.2, 0.25) is 0 Å². The molecule has 1 amide bonds. The summed E-state index contributed by atoms with van der Waals surface area (Å²) in [7, 11) is 1.34. The van der Waals surface area contributed by atoms with Crippen LogP contribution in [-0.4, -0.2) is 31.4 Å². The smallest absolute Gasteiger partial charge is 0.259 e. The fraction of sp³-hybridized carbons (Fsp3) is 0.273. The van der Waals surface area contributed by atoms with Gasteiger partial charge in [-0.2, -0.15) is 0 Å². The number of carbonyl (C=O) groups excluding carboxylic acids is 2. The van der Waals surface area contributed by atoms with Gasteiger partial charge in [0.05, 0.1) is 5.69 Å². The maximum atomic E-state index is 13.4. The molecule has 0 unspecified atom stereocenters. The zero-order valence-electron chi connectivity index (χ0n) is 8.59. The molecule has 5 heteroatoms. The monoisotopic (exact) mass is 223 g/mol. The summed E-state index contributed by atoms with van der Waals surface area (Å²) in [6.07, 6.45) is -0.209. The number of β-lactam (4-membered cyclic amide) rings is 1. The molecule has 1 aliphatic heterocycles. The first-order valence-corrected chi connectivity index (χ1v) is 4.76. The van der Waals surface area contributed by atoms with E-state index >= 15 is 0 Å². The Kier molecular flexibility index (Phi) is 2.70. The molecule has 0 bridgehead atoms. The van der Waals surface area contributed by atoms with E-state index in [1.54, 1.807) is 6.07 Å². The van der Waals surface area contributed by atoms with Crippen molar-refractivity contribution >= 4 is 17.9 Å². The van der Waals surface area contributed by atoms with E-state index in [0.717, 1.165) is 4.90 Å². The minimum Gasteiger partial charge on any atom is -0.369 e. The first-order valence-electron chi connectivity index (χ1n) is 4.76. The molecule has 1 heterocycles. The molecule has 0 spiro atoms. The third-order valence-electron chi connectivity index (χ3n) is 2.59. The summed E-state index contributed by atoms with van der Waals surface area (Å²) < 4.78 is 18.3. The maximum Gasteiger partial charge on any atom is 0.259 e. The number of anilines is 1. The quantitative estimate of drug-likeness (QED) is 0.561. The van der Waals surface area contributed by atoms with Crippen LogP contribution in [0.4, 0.5) is 10.1 Å². The standard InChI is InChI=1S/C11H10FNO3/c1-16-10-9(6-14)13(11(10)15)8-5-3-2-4-7(8)12/h2-6,9-10H,1H3/t9-,10-/m1/s1. The Morgan fingerprint density at radius 2 is 2.12 bits per heavy atom. The third-order valence-corrected chi connectivity index (χ3v) is 2.59. The van der Waals surface area contributed by atoms with E-state index in [0.29, 0.717) is 6.29 Å². The predicted octanol–water partition coefficient (Wildman–Crippen LogP) is 0.755. The Labute approximate surface area is 91.6 Å². The van der Waals surface area contributed by atoms with Gasteiger partial charge in [0.25, 0.3) is 5.91 Å². The molecule has 84 valence electrons. The third kappa shape index (κ3) is 1.40. The van der Waals surface area contributed by atoms with Gasteiger partial charge in [0, 0.05) is 7.11 Å². The summed E-state index contributed by atoms with van der Waals surface area (Å²) in [5, 5.41) is 0. The number of aldehydes is 1. The van der Waals surface area contributed by atoms with Gasteiger partial charge in [0.15, 0.2) is 6.10 Å². The van der Waals surface area contributed by atoms with E-state index in [1.807, 2.05) is 0 Å². The fourth-order valence-corrected chi connectivity index (χ4v) is 1.78. The molecule has 0 aromatic heterocycles. The number of rotatable bonds is 3. The van der Waals surface area contributed by atoms with Crippen molar-refractivity contribution in [3.63, 3.8) is 0 Å². The molecule has 2 atom stereocenters. The summed E-state index contributed by atoms with van der Waals surface area (Å²) in [5.74, 6) is -0.929. The Morgan fingerprint density at radius 1 is 1.44 bits per heavy atom. The summed E-state index contributed by atoms with van der Waals surface area (Å²) >= 11 is 0. The lowest BCUT2D eigenvalue weighted by Crippen LogP contribution is -2.66. The molecule has 4 nitrogen and oxygen atoms in total. The van der Waals surface area contributed by atoms with Crippen LogP contribution in [0, 0.1) is 5.82 Å². The topological polar surface area (TPSA) is 46.6 Å². The van der Waals surface area contributed by atoms with Crippen LogP contribution in [0.1, 0.15) is 0 Å². The molecule has 0 N–H and O–H groups in total. The Hall–Kier alpha value is -1.75. The second-order valence-electron chi connectivity index (χ2n) is 3.44. The average molecular weight is 223 g/mol. The highest BCUT2D eigenvalue weighted by atomic mass is 19.1. The largest absolute Gasteiger partial charge is 0.369 e. The van der Waals surface area contributed by atoms with E-state index in [2.05, 4.69) is 0 Å².